The molecule has 30 heavy (non-hydrogen) atoms. The van der Waals surface area contributed by atoms with Crippen molar-refractivity contribution >= 4 is 23.4 Å². The molecular weight excluding hydrogens is 383 g/mol. The highest BCUT2D eigenvalue weighted by atomic mass is 19.1. The van der Waals surface area contributed by atoms with Gasteiger partial charge in [-0.3, -0.25) is 19.3 Å². The molecule has 5 atom stereocenters. The van der Waals surface area contributed by atoms with E-state index in [4.69, 9.17) is 0 Å². The Bertz CT molecular complexity index is 963. The van der Waals surface area contributed by atoms with Gasteiger partial charge in [0.25, 0.3) is 0 Å². The van der Waals surface area contributed by atoms with Crippen LogP contribution in [0.1, 0.15) is 24.8 Å². The lowest BCUT2D eigenvalue weighted by Gasteiger charge is -2.27. The van der Waals surface area contributed by atoms with Gasteiger partial charge in [-0.1, -0.05) is 30.3 Å². The minimum absolute atomic E-state index is 0.201. The minimum atomic E-state index is -0.928. The molecule has 1 aliphatic heterocycles. The van der Waals surface area contributed by atoms with E-state index in [1.54, 1.807) is 0 Å². The van der Waals surface area contributed by atoms with Crippen LogP contribution < -0.4 is 5.32 Å². The van der Waals surface area contributed by atoms with Gasteiger partial charge in [0.15, 0.2) is 0 Å². The van der Waals surface area contributed by atoms with Gasteiger partial charge in [0.2, 0.25) is 17.7 Å². The Hall–Kier alpha value is -3.02. The van der Waals surface area contributed by atoms with E-state index in [0.717, 1.165) is 24.8 Å². The Morgan fingerprint density at radius 2 is 1.57 bits per heavy atom. The molecule has 2 aromatic carbocycles. The molecule has 3 amide bonds. The summed E-state index contributed by atoms with van der Waals surface area (Å²) in [6.45, 7) is 0. The fraction of sp³-hybridized carbons (Fsp3) is 0.375. The molecule has 2 saturated carbocycles. The van der Waals surface area contributed by atoms with Crippen molar-refractivity contribution in [1.29, 1.82) is 0 Å². The quantitative estimate of drug-likeness (QED) is 0.774. The molecule has 1 N–H and O–H groups in total. The highest BCUT2D eigenvalue weighted by Crippen LogP contribution is 2.56. The third kappa shape index (κ3) is 3.11. The Morgan fingerprint density at radius 1 is 0.967 bits per heavy atom. The smallest absolute Gasteiger partial charge is 0.248 e. The molecule has 5 rings (SSSR count). The summed E-state index contributed by atoms with van der Waals surface area (Å²) in [5.74, 6) is -1.25. The molecule has 0 unspecified atom stereocenters. The minimum Gasteiger partial charge on any atom is -0.324 e. The molecule has 0 aromatic heterocycles. The molecule has 2 aromatic rings. The van der Waals surface area contributed by atoms with Gasteiger partial charge in [0.1, 0.15) is 11.9 Å². The van der Waals surface area contributed by atoms with Gasteiger partial charge in [0.05, 0.1) is 11.8 Å². The van der Waals surface area contributed by atoms with Gasteiger partial charge in [-0.05, 0) is 60.9 Å². The number of likely N-dealkylation sites (tertiary alicyclic amines) is 1. The molecule has 3 aliphatic rings. The molecule has 5 nitrogen and oxygen atoms in total. The topological polar surface area (TPSA) is 66.5 Å². The van der Waals surface area contributed by atoms with Crippen LogP contribution in [-0.4, -0.2) is 28.7 Å². The predicted molar refractivity (Wildman–Crippen MR) is 109 cm³/mol. The number of hydrogen-bond acceptors (Lipinski definition) is 3. The standard InChI is InChI=1S/C24H23FN2O3/c25-17-8-10-18(11-9-17)26-22(28)19(12-14-4-2-1-3-5-14)27-23(29)20-15-6-7-16(13-15)21(20)24(27)30/h1-5,8-11,15-16,19-21H,6-7,12-13H2,(H,26,28)/t15-,16-,19-,20+,21+/m1/s1. The van der Waals surface area contributed by atoms with Crippen molar-refractivity contribution in [3.8, 4) is 0 Å². The number of rotatable bonds is 5. The van der Waals surface area contributed by atoms with Gasteiger partial charge in [-0.25, -0.2) is 4.39 Å². The lowest BCUT2D eigenvalue weighted by atomic mass is 9.81. The molecule has 1 heterocycles. The Labute approximate surface area is 174 Å². The third-order valence-electron chi connectivity index (χ3n) is 6.96. The van der Waals surface area contributed by atoms with E-state index in [2.05, 4.69) is 5.32 Å². The Balaban J connectivity index is 1.45. The number of hydrogen-bond donors (Lipinski definition) is 1. The lowest BCUT2D eigenvalue weighted by molar-refractivity contribution is -0.147. The summed E-state index contributed by atoms with van der Waals surface area (Å²) in [5, 5.41) is 2.76. The van der Waals surface area contributed by atoms with E-state index < -0.39 is 17.8 Å². The van der Waals surface area contributed by atoms with Crippen LogP contribution in [0.15, 0.2) is 54.6 Å². The second kappa shape index (κ2) is 7.35. The van der Waals surface area contributed by atoms with Crippen LogP contribution in [0, 0.1) is 29.5 Å². The normalized spacial score (nSPS) is 28.0. The average molecular weight is 406 g/mol. The second-order valence-corrected chi connectivity index (χ2v) is 8.63. The zero-order valence-electron chi connectivity index (χ0n) is 16.5. The monoisotopic (exact) mass is 406 g/mol. The van der Waals surface area contributed by atoms with Crippen molar-refractivity contribution in [2.45, 2.75) is 31.7 Å². The number of amides is 3. The maximum absolute atomic E-state index is 13.3. The predicted octanol–water partition coefficient (Wildman–Crippen LogP) is 3.41. The van der Waals surface area contributed by atoms with Gasteiger partial charge in [-0.2, -0.15) is 0 Å². The van der Waals surface area contributed by atoms with E-state index in [9.17, 15) is 18.8 Å². The number of carbonyl (C=O) groups is 3. The molecule has 2 aliphatic carbocycles. The van der Waals surface area contributed by atoms with Crippen molar-refractivity contribution in [3.05, 3.63) is 66.0 Å². The van der Waals surface area contributed by atoms with E-state index in [1.807, 2.05) is 30.3 Å². The molecule has 0 spiro atoms. The van der Waals surface area contributed by atoms with Crippen LogP contribution in [0.3, 0.4) is 0 Å². The van der Waals surface area contributed by atoms with Crippen LogP contribution in [0.4, 0.5) is 10.1 Å². The fourth-order valence-corrected chi connectivity index (χ4v) is 5.64. The average Bonchev–Trinajstić information content (AvgIpc) is 3.43. The number of imide groups is 1. The maximum atomic E-state index is 13.3. The van der Waals surface area contributed by atoms with Gasteiger partial charge in [-0.15, -0.1) is 0 Å². The van der Waals surface area contributed by atoms with Crippen molar-refractivity contribution in [2.75, 3.05) is 5.32 Å². The second-order valence-electron chi connectivity index (χ2n) is 8.63. The lowest BCUT2D eigenvalue weighted by Crippen LogP contribution is -2.49. The largest absolute Gasteiger partial charge is 0.324 e. The zero-order valence-corrected chi connectivity index (χ0v) is 16.5. The van der Waals surface area contributed by atoms with E-state index >= 15 is 0 Å². The first-order chi connectivity index (χ1) is 14.5. The van der Waals surface area contributed by atoms with Crippen LogP contribution in [0.2, 0.25) is 0 Å². The summed E-state index contributed by atoms with van der Waals surface area (Å²) in [6, 6.07) is 13.9. The molecule has 0 radical (unpaired) electrons. The number of fused-ring (bicyclic) bond motifs is 5. The van der Waals surface area contributed by atoms with E-state index in [-0.39, 0.29) is 41.9 Å². The molecule has 2 bridgehead atoms. The fourth-order valence-electron chi connectivity index (χ4n) is 5.64. The summed E-state index contributed by atoms with van der Waals surface area (Å²) >= 11 is 0. The summed E-state index contributed by atoms with van der Waals surface area (Å²) in [4.78, 5) is 41.0. The first kappa shape index (κ1) is 19.0. The van der Waals surface area contributed by atoms with Crippen LogP contribution in [0.5, 0.6) is 0 Å². The van der Waals surface area contributed by atoms with Gasteiger partial charge in [0, 0.05) is 12.1 Å². The van der Waals surface area contributed by atoms with Crippen molar-refractivity contribution in [2.24, 2.45) is 23.7 Å². The highest BCUT2D eigenvalue weighted by molar-refractivity contribution is 6.10. The van der Waals surface area contributed by atoms with E-state index in [1.165, 1.54) is 29.2 Å². The number of carbonyl (C=O) groups excluding carboxylic acids is 3. The van der Waals surface area contributed by atoms with Crippen LogP contribution in [-0.2, 0) is 20.8 Å². The molecular formula is C24H23FN2O3. The number of nitrogens with zero attached hydrogens (tertiary/aromatic N) is 1. The zero-order chi connectivity index (χ0) is 20.8. The summed E-state index contributed by atoms with van der Waals surface area (Å²) in [6.07, 6.45) is 3.18. The number of nitrogens with one attached hydrogen (secondary N) is 1. The maximum Gasteiger partial charge on any atom is 0.248 e. The third-order valence-corrected chi connectivity index (χ3v) is 6.96. The first-order valence-corrected chi connectivity index (χ1v) is 10.5. The van der Waals surface area contributed by atoms with E-state index in [0.29, 0.717) is 5.69 Å². The SMILES string of the molecule is O=C(Nc1ccc(F)cc1)[C@@H](Cc1ccccc1)N1C(=O)[C@H]2[C@@H]3CC[C@H](C3)[C@@H]2C1=O. The van der Waals surface area contributed by atoms with Crippen molar-refractivity contribution < 1.29 is 18.8 Å². The number of anilines is 1. The van der Waals surface area contributed by atoms with Gasteiger partial charge < -0.3 is 5.32 Å². The molecule has 3 fully saturated rings. The summed E-state index contributed by atoms with van der Waals surface area (Å²) in [7, 11) is 0. The van der Waals surface area contributed by atoms with Crippen LogP contribution in [0.25, 0.3) is 0 Å². The summed E-state index contributed by atoms with van der Waals surface area (Å²) < 4.78 is 13.2. The molecule has 1 saturated heterocycles. The Kier molecular flexibility index (Phi) is 4.65. The Morgan fingerprint density at radius 3 is 2.17 bits per heavy atom. The molecule has 154 valence electrons. The van der Waals surface area contributed by atoms with Crippen molar-refractivity contribution in [3.63, 3.8) is 0 Å². The first-order valence-electron chi connectivity index (χ1n) is 10.5. The number of halogens is 1. The highest BCUT2D eigenvalue weighted by Gasteiger charge is 2.62. The van der Waals surface area contributed by atoms with Crippen molar-refractivity contribution in [1.82, 2.24) is 4.90 Å². The molecule has 6 heteroatoms. The summed E-state index contributed by atoms with van der Waals surface area (Å²) in [5.41, 5.74) is 1.30. The number of benzene rings is 2. The van der Waals surface area contributed by atoms with Crippen LogP contribution >= 0.6 is 0 Å². The van der Waals surface area contributed by atoms with Gasteiger partial charge >= 0.3 is 0 Å².